The van der Waals surface area contributed by atoms with Crippen LogP contribution in [0.5, 0.6) is 5.75 Å². The van der Waals surface area contributed by atoms with E-state index in [9.17, 15) is 4.39 Å². The van der Waals surface area contributed by atoms with Gasteiger partial charge in [-0.05, 0) is 19.9 Å². The zero-order valence-electron chi connectivity index (χ0n) is 9.80. The summed E-state index contributed by atoms with van der Waals surface area (Å²) in [5.74, 6) is 0.00755. The quantitative estimate of drug-likeness (QED) is 0.905. The second kappa shape index (κ2) is 5.10. The van der Waals surface area contributed by atoms with E-state index in [4.69, 9.17) is 21.1 Å². The fourth-order valence-electron chi connectivity index (χ4n) is 1.60. The van der Waals surface area contributed by atoms with Gasteiger partial charge < -0.3 is 14.8 Å². The van der Waals surface area contributed by atoms with E-state index in [0.29, 0.717) is 18.9 Å². The standard InChI is InChI=1S/C12H15ClFNO2/c1-7(2)16-6-8-5-15-11-3-9(13)10(14)4-12(11)17-8/h3-4,7-8,15H,5-6H2,1-2H3. The third kappa shape index (κ3) is 3.01. The van der Waals surface area contributed by atoms with Crippen molar-refractivity contribution in [2.75, 3.05) is 18.5 Å². The van der Waals surface area contributed by atoms with Crippen LogP contribution in [0, 0.1) is 5.82 Å². The van der Waals surface area contributed by atoms with Gasteiger partial charge in [-0.3, -0.25) is 0 Å². The minimum Gasteiger partial charge on any atom is -0.484 e. The normalized spacial score (nSPS) is 18.5. The van der Waals surface area contributed by atoms with E-state index in [1.807, 2.05) is 13.8 Å². The van der Waals surface area contributed by atoms with Gasteiger partial charge >= 0.3 is 0 Å². The minimum atomic E-state index is -0.474. The molecule has 0 aliphatic carbocycles. The summed E-state index contributed by atoms with van der Waals surface area (Å²) in [7, 11) is 0. The van der Waals surface area contributed by atoms with Gasteiger partial charge in [0.1, 0.15) is 17.7 Å². The molecule has 5 heteroatoms. The van der Waals surface area contributed by atoms with Crippen molar-refractivity contribution in [1.82, 2.24) is 0 Å². The molecule has 1 aliphatic heterocycles. The van der Waals surface area contributed by atoms with Crippen molar-refractivity contribution in [3.63, 3.8) is 0 Å². The number of benzene rings is 1. The Morgan fingerprint density at radius 3 is 3.06 bits per heavy atom. The first-order chi connectivity index (χ1) is 8.06. The van der Waals surface area contributed by atoms with Gasteiger partial charge in [0.25, 0.3) is 0 Å². The van der Waals surface area contributed by atoms with Crippen molar-refractivity contribution >= 4 is 17.3 Å². The summed E-state index contributed by atoms with van der Waals surface area (Å²) >= 11 is 5.69. The summed E-state index contributed by atoms with van der Waals surface area (Å²) in [4.78, 5) is 0. The van der Waals surface area contributed by atoms with Gasteiger partial charge in [0, 0.05) is 6.07 Å². The number of hydrogen-bond donors (Lipinski definition) is 1. The monoisotopic (exact) mass is 259 g/mol. The van der Waals surface area contributed by atoms with Crippen LogP contribution in [0.15, 0.2) is 12.1 Å². The molecule has 0 radical (unpaired) electrons. The van der Waals surface area contributed by atoms with E-state index in [2.05, 4.69) is 5.32 Å². The highest BCUT2D eigenvalue weighted by Gasteiger charge is 2.21. The van der Waals surface area contributed by atoms with Crippen LogP contribution < -0.4 is 10.1 Å². The van der Waals surface area contributed by atoms with Gasteiger partial charge in [0.15, 0.2) is 0 Å². The highest BCUT2D eigenvalue weighted by atomic mass is 35.5. The molecular formula is C12H15ClFNO2. The van der Waals surface area contributed by atoms with Gasteiger partial charge in [0.2, 0.25) is 0 Å². The molecule has 2 rings (SSSR count). The maximum atomic E-state index is 13.3. The van der Waals surface area contributed by atoms with E-state index >= 15 is 0 Å². The Bertz CT molecular complexity index is 412. The summed E-state index contributed by atoms with van der Waals surface area (Å²) in [6.07, 6.45) is 0.0485. The van der Waals surface area contributed by atoms with Gasteiger partial charge in [-0.2, -0.15) is 0 Å². The molecule has 0 fully saturated rings. The maximum Gasteiger partial charge on any atom is 0.146 e. The Kier molecular flexibility index (Phi) is 3.74. The van der Waals surface area contributed by atoms with Crippen LogP contribution in [0.1, 0.15) is 13.8 Å². The van der Waals surface area contributed by atoms with Crippen molar-refractivity contribution in [3.8, 4) is 5.75 Å². The van der Waals surface area contributed by atoms with E-state index in [0.717, 1.165) is 5.69 Å². The maximum absolute atomic E-state index is 13.3. The van der Waals surface area contributed by atoms with Crippen LogP contribution in [0.2, 0.25) is 5.02 Å². The molecular weight excluding hydrogens is 245 g/mol. The average Bonchev–Trinajstić information content (AvgIpc) is 2.28. The Morgan fingerprint density at radius 2 is 2.35 bits per heavy atom. The summed E-state index contributed by atoms with van der Waals surface area (Å²) in [5.41, 5.74) is 0.720. The molecule has 94 valence electrons. The fourth-order valence-corrected chi connectivity index (χ4v) is 1.77. The summed E-state index contributed by atoms with van der Waals surface area (Å²) in [5, 5.41) is 3.24. The van der Waals surface area contributed by atoms with Gasteiger partial charge in [-0.15, -0.1) is 0 Å². The van der Waals surface area contributed by atoms with Crippen LogP contribution in [0.4, 0.5) is 10.1 Å². The predicted molar refractivity (Wildman–Crippen MR) is 65.4 cm³/mol. The molecule has 0 saturated carbocycles. The van der Waals surface area contributed by atoms with Crippen LogP contribution in [0.25, 0.3) is 0 Å². The lowest BCUT2D eigenvalue weighted by Gasteiger charge is -2.28. The molecule has 1 heterocycles. The molecule has 1 N–H and O–H groups in total. The van der Waals surface area contributed by atoms with E-state index in [-0.39, 0.29) is 17.2 Å². The largest absolute Gasteiger partial charge is 0.484 e. The molecule has 1 aliphatic rings. The number of rotatable bonds is 3. The summed E-state index contributed by atoms with van der Waals surface area (Å²) in [6, 6.07) is 2.83. The Hall–Kier alpha value is -1.00. The summed E-state index contributed by atoms with van der Waals surface area (Å²) < 4.78 is 24.4. The molecule has 0 amide bonds. The smallest absolute Gasteiger partial charge is 0.146 e. The molecule has 0 saturated heterocycles. The third-order valence-electron chi connectivity index (χ3n) is 2.45. The number of fused-ring (bicyclic) bond motifs is 1. The lowest BCUT2D eigenvalue weighted by atomic mass is 10.2. The van der Waals surface area contributed by atoms with Crippen molar-refractivity contribution in [3.05, 3.63) is 23.0 Å². The van der Waals surface area contributed by atoms with Gasteiger partial charge in [-0.25, -0.2) is 4.39 Å². The van der Waals surface area contributed by atoms with Gasteiger partial charge in [-0.1, -0.05) is 11.6 Å². The Balaban J connectivity index is 2.05. The predicted octanol–water partition coefficient (Wildman–Crippen LogP) is 3.08. The Morgan fingerprint density at radius 1 is 1.59 bits per heavy atom. The SMILES string of the molecule is CC(C)OCC1CNc2cc(Cl)c(F)cc2O1. The van der Waals surface area contributed by atoms with Crippen LogP contribution in [-0.4, -0.2) is 25.4 Å². The molecule has 0 aromatic heterocycles. The van der Waals surface area contributed by atoms with E-state index in [1.165, 1.54) is 12.1 Å². The first-order valence-electron chi connectivity index (χ1n) is 5.57. The molecule has 3 nitrogen and oxygen atoms in total. The highest BCUT2D eigenvalue weighted by molar-refractivity contribution is 6.31. The third-order valence-corrected chi connectivity index (χ3v) is 2.74. The zero-order chi connectivity index (χ0) is 12.4. The lowest BCUT2D eigenvalue weighted by molar-refractivity contribution is 0.0189. The van der Waals surface area contributed by atoms with E-state index in [1.54, 1.807) is 0 Å². The molecule has 1 atom stereocenters. The molecule has 1 aromatic carbocycles. The minimum absolute atomic E-state index is 0.0942. The van der Waals surface area contributed by atoms with Crippen molar-refractivity contribution in [1.29, 1.82) is 0 Å². The number of hydrogen-bond acceptors (Lipinski definition) is 3. The molecule has 1 aromatic rings. The van der Waals surface area contributed by atoms with Gasteiger partial charge in [0.05, 0.1) is 30.0 Å². The topological polar surface area (TPSA) is 30.5 Å². The number of nitrogens with one attached hydrogen (secondary N) is 1. The lowest BCUT2D eigenvalue weighted by Crippen LogP contribution is -2.35. The van der Waals surface area contributed by atoms with Crippen molar-refractivity contribution in [2.24, 2.45) is 0 Å². The summed E-state index contributed by atoms with van der Waals surface area (Å²) in [6.45, 7) is 5.03. The Labute approximate surface area is 105 Å². The van der Waals surface area contributed by atoms with Crippen molar-refractivity contribution < 1.29 is 13.9 Å². The van der Waals surface area contributed by atoms with Crippen LogP contribution >= 0.6 is 11.6 Å². The number of ether oxygens (including phenoxy) is 2. The number of halogens is 2. The van der Waals surface area contributed by atoms with Crippen molar-refractivity contribution in [2.45, 2.75) is 26.1 Å². The van der Waals surface area contributed by atoms with Crippen LogP contribution in [-0.2, 0) is 4.74 Å². The molecule has 1 unspecified atom stereocenters. The zero-order valence-corrected chi connectivity index (χ0v) is 10.6. The second-order valence-electron chi connectivity index (χ2n) is 4.27. The van der Waals surface area contributed by atoms with Crippen LogP contribution in [0.3, 0.4) is 0 Å². The highest BCUT2D eigenvalue weighted by Crippen LogP contribution is 2.33. The fraction of sp³-hybridized carbons (Fsp3) is 0.500. The number of anilines is 1. The van der Waals surface area contributed by atoms with E-state index < -0.39 is 5.82 Å². The molecule has 0 bridgehead atoms. The molecule has 17 heavy (non-hydrogen) atoms. The molecule has 0 spiro atoms. The first-order valence-corrected chi connectivity index (χ1v) is 5.95. The first kappa shape index (κ1) is 12.5. The second-order valence-corrected chi connectivity index (χ2v) is 4.67. The average molecular weight is 260 g/mol.